The van der Waals surface area contributed by atoms with Crippen LogP contribution in [0.15, 0.2) is 36.9 Å². The Labute approximate surface area is 159 Å². The zero-order valence-corrected chi connectivity index (χ0v) is 15.2. The Morgan fingerprint density at radius 3 is 2.76 bits per heavy atom. The number of halogens is 3. The van der Waals surface area contributed by atoms with Gasteiger partial charge in [0.15, 0.2) is 5.82 Å². The lowest BCUT2D eigenvalue weighted by molar-refractivity contribution is 0.598. The van der Waals surface area contributed by atoms with Crippen molar-refractivity contribution in [3.05, 3.63) is 47.0 Å². The molecule has 0 aliphatic rings. The van der Waals surface area contributed by atoms with Gasteiger partial charge in [0.2, 0.25) is 0 Å². The summed E-state index contributed by atoms with van der Waals surface area (Å²) in [6, 6.07) is 3.72. The molecule has 7 nitrogen and oxygen atoms in total. The normalized spacial score (nSPS) is 11.0. The highest BCUT2D eigenvalue weighted by Gasteiger charge is 2.18. The van der Waals surface area contributed by atoms with Gasteiger partial charge in [-0.05, 0) is 6.07 Å². The van der Waals surface area contributed by atoms with Crippen molar-refractivity contribution in [3.63, 3.8) is 0 Å². The summed E-state index contributed by atoms with van der Waals surface area (Å²) in [7, 11) is 0. The molecular weight excluding hydrogens is 385 g/mol. The minimum absolute atomic E-state index is 0. The van der Waals surface area contributed by atoms with E-state index in [1.54, 1.807) is 16.9 Å². The van der Waals surface area contributed by atoms with Crippen LogP contribution in [0.25, 0.3) is 27.8 Å². The average molecular weight is 399 g/mol. The number of hydrogen-bond acceptors (Lipinski definition) is 4. The maximum absolute atomic E-state index is 6.47. The van der Waals surface area contributed by atoms with Crippen LogP contribution in [0.4, 0.5) is 0 Å². The Balaban J connectivity index is 0.00000182. The van der Waals surface area contributed by atoms with Crippen LogP contribution in [-0.4, -0.2) is 36.3 Å². The second kappa shape index (κ2) is 7.05. The summed E-state index contributed by atoms with van der Waals surface area (Å²) < 4.78 is 3.57. The van der Waals surface area contributed by atoms with Crippen LogP contribution in [0.1, 0.15) is 0 Å². The monoisotopic (exact) mass is 397 g/mol. The minimum atomic E-state index is 0. The summed E-state index contributed by atoms with van der Waals surface area (Å²) >= 11 is 12.7. The molecule has 0 unspecified atom stereocenters. The van der Waals surface area contributed by atoms with E-state index in [2.05, 4.69) is 20.5 Å². The zero-order valence-electron chi connectivity index (χ0n) is 12.9. The van der Waals surface area contributed by atoms with Gasteiger partial charge in [0.25, 0.3) is 0 Å². The summed E-state index contributed by atoms with van der Waals surface area (Å²) in [6.07, 6.45) is 7.36. The Morgan fingerprint density at radius 2 is 2.04 bits per heavy atom. The Bertz CT molecular complexity index is 1000. The predicted octanol–water partition coefficient (Wildman–Crippen LogP) is 3.30. The molecule has 1 aromatic carbocycles. The van der Waals surface area contributed by atoms with Gasteiger partial charge in [0, 0.05) is 35.5 Å². The van der Waals surface area contributed by atoms with Gasteiger partial charge in [-0.2, -0.15) is 5.10 Å². The summed E-state index contributed by atoms with van der Waals surface area (Å²) in [6.45, 7) is 1.08. The van der Waals surface area contributed by atoms with Gasteiger partial charge in [0.05, 0.1) is 34.5 Å². The molecule has 3 N–H and O–H groups in total. The summed E-state index contributed by atoms with van der Waals surface area (Å²) in [5.41, 5.74) is 8.27. The molecule has 0 spiro atoms. The van der Waals surface area contributed by atoms with Crippen LogP contribution in [0.3, 0.4) is 0 Å². The van der Waals surface area contributed by atoms with E-state index in [4.69, 9.17) is 28.9 Å². The van der Waals surface area contributed by atoms with Crippen molar-refractivity contribution in [2.75, 3.05) is 6.54 Å². The molecule has 0 atom stereocenters. The third-order valence-corrected chi connectivity index (χ3v) is 4.59. The Morgan fingerprint density at radius 1 is 1.20 bits per heavy atom. The predicted molar refractivity (Wildman–Crippen MR) is 101 cm³/mol. The van der Waals surface area contributed by atoms with Crippen molar-refractivity contribution in [2.24, 2.45) is 5.73 Å². The van der Waals surface area contributed by atoms with E-state index in [9.17, 15) is 0 Å². The number of aromatic nitrogens is 6. The van der Waals surface area contributed by atoms with Gasteiger partial charge in [-0.15, -0.1) is 17.5 Å². The van der Waals surface area contributed by atoms with Crippen molar-refractivity contribution < 1.29 is 0 Å². The molecule has 4 rings (SSSR count). The molecular formula is C15H14Cl3N7. The molecule has 0 radical (unpaired) electrons. The zero-order chi connectivity index (χ0) is 16.7. The standard InChI is InChI=1S/C15H13Cl2N7.ClH/c16-12-2-1-10-11(9-5-19-20-6-9)7-24(15(10)14(12)17)13-8-23(4-3-18)22-21-13;/h1-2,5-8H,3-4,18H2,(H,19,20);1H. The quantitative estimate of drug-likeness (QED) is 0.552. The second-order valence-electron chi connectivity index (χ2n) is 5.29. The molecule has 25 heavy (non-hydrogen) atoms. The van der Waals surface area contributed by atoms with Crippen LogP contribution in [0, 0.1) is 0 Å². The van der Waals surface area contributed by atoms with Gasteiger partial charge >= 0.3 is 0 Å². The number of nitrogens with zero attached hydrogens (tertiary/aromatic N) is 5. The first-order valence-electron chi connectivity index (χ1n) is 7.28. The van der Waals surface area contributed by atoms with Gasteiger partial charge in [-0.25, -0.2) is 4.68 Å². The molecule has 0 bridgehead atoms. The molecule has 3 aromatic heterocycles. The topological polar surface area (TPSA) is 90.3 Å². The number of rotatable bonds is 4. The van der Waals surface area contributed by atoms with Gasteiger partial charge in [-0.3, -0.25) is 9.67 Å². The van der Waals surface area contributed by atoms with E-state index >= 15 is 0 Å². The van der Waals surface area contributed by atoms with Crippen molar-refractivity contribution >= 4 is 46.5 Å². The maximum atomic E-state index is 6.47. The highest BCUT2D eigenvalue weighted by atomic mass is 35.5. The molecule has 0 fully saturated rings. The SMILES string of the molecule is Cl.NCCn1cc(-n2cc(-c3cn[nH]c3)c3ccc(Cl)c(Cl)c32)nn1. The lowest BCUT2D eigenvalue weighted by atomic mass is 10.1. The largest absolute Gasteiger partial charge is 0.329 e. The molecule has 0 saturated heterocycles. The highest BCUT2D eigenvalue weighted by Crippen LogP contribution is 2.38. The molecule has 10 heteroatoms. The van der Waals surface area contributed by atoms with Crippen molar-refractivity contribution in [1.82, 2.24) is 29.8 Å². The number of H-pyrrole nitrogens is 1. The fraction of sp³-hybridized carbons (Fsp3) is 0.133. The lowest BCUT2D eigenvalue weighted by Gasteiger charge is -2.03. The molecule has 0 saturated carbocycles. The van der Waals surface area contributed by atoms with Gasteiger partial charge in [0.1, 0.15) is 0 Å². The third kappa shape index (κ3) is 3.00. The van der Waals surface area contributed by atoms with E-state index in [0.717, 1.165) is 22.0 Å². The number of aromatic amines is 1. The van der Waals surface area contributed by atoms with Crippen molar-refractivity contribution in [2.45, 2.75) is 6.54 Å². The second-order valence-corrected chi connectivity index (χ2v) is 6.07. The molecule has 130 valence electrons. The number of nitrogens with two attached hydrogens (primary N) is 1. The fourth-order valence-corrected chi connectivity index (χ4v) is 3.11. The lowest BCUT2D eigenvalue weighted by Crippen LogP contribution is -2.10. The smallest absolute Gasteiger partial charge is 0.179 e. The van der Waals surface area contributed by atoms with Crippen LogP contribution in [0.5, 0.6) is 0 Å². The van der Waals surface area contributed by atoms with Crippen LogP contribution in [0.2, 0.25) is 10.0 Å². The maximum Gasteiger partial charge on any atom is 0.179 e. The molecule has 4 aromatic rings. The number of nitrogens with one attached hydrogen (secondary N) is 1. The van der Waals surface area contributed by atoms with Crippen LogP contribution in [-0.2, 0) is 6.54 Å². The molecule has 0 aliphatic heterocycles. The first kappa shape index (κ1) is 17.8. The first-order valence-corrected chi connectivity index (χ1v) is 8.03. The molecule has 0 aliphatic carbocycles. The third-order valence-electron chi connectivity index (χ3n) is 3.80. The van der Waals surface area contributed by atoms with Gasteiger partial charge < -0.3 is 5.73 Å². The van der Waals surface area contributed by atoms with Crippen LogP contribution >= 0.6 is 35.6 Å². The first-order chi connectivity index (χ1) is 11.7. The number of hydrogen-bond donors (Lipinski definition) is 2. The Kier molecular flexibility index (Phi) is 5.01. The van der Waals surface area contributed by atoms with E-state index in [1.165, 1.54) is 0 Å². The van der Waals surface area contributed by atoms with E-state index in [-0.39, 0.29) is 12.4 Å². The number of benzene rings is 1. The molecule has 3 heterocycles. The van der Waals surface area contributed by atoms with Crippen LogP contribution < -0.4 is 5.73 Å². The average Bonchev–Trinajstić information content (AvgIpc) is 3.29. The summed E-state index contributed by atoms with van der Waals surface area (Å²) in [5.74, 6) is 0.646. The molecule has 0 amide bonds. The van der Waals surface area contributed by atoms with E-state index in [1.807, 2.05) is 29.2 Å². The number of fused-ring (bicyclic) bond motifs is 1. The van der Waals surface area contributed by atoms with Crippen molar-refractivity contribution in [3.8, 4) is 16.9 Å². The van der Waals surface area contributed by atoms with E-state index in [0.29, 0.717) is 29.0 Å². The highest BCUT2D eigenvalue weighted by molar-refractivity contribution is 6.45. The van der Waals surface area contributed by atoms with E-state index < -0.39 is 0 Å². The fourth-order valence-electron chi connectivity index (χ4n) is 2.71. The summed E-state index contributed by atoms with van der Waals surface area (Å²) in [4.78, 5) is 0. The minimum Gasteiger partial charge on any atom is -0.329 e. The van der Waals surface area contributed by atoms with Crippen molar-refractivity contribution in [1.29, 1.82) is 0 Å². The van der Waals surface area contributed by atoms with Gasteiger partial charge in [-0.1, -0.05) is 34.5 Å². The summed E-state index contributed by atoms with van der Waals surface area (Å²) in [5, 5.41) is 17.1. The Hall–Kier alpha value is -2.06.